The van der Waals surface area contributed by atoms with E-state index < -0.39 is 0 Å². The SMILES string of the molecule is C[C@H]1CNCCNCCN1. The lowest BCUT2D eigenvalue weighted by Gasteiger charge is -2.11. The van der Waals surface area contributed by atoms with Crippen LogP contribution in [-0.2, 0) is 0 Å². The minimum absolute atomic E-state index is 0.611. The Morgan fingerprint density at radius 1 is 1.00 bits per heavy atom. The molecule has 1 aliphatic heterocycles. The molecule has 1 saturated heterocycles. The lowest BCUT2D eigenvalue weighted by atomic mass is 10.3. The Bertz CT molecular complexity index is 74.9. The van der Waals surface area contributed by atoms with Crippen molar-refractivity contribution in [1.29, 1.82) is 0 Å². The summed E-state index contributed by atoms with van der Waals surface area (Å²) in [5.41, 5.74) is 0. The fourth-order valence-corrected chi connectivity index (χ4v) is 1.10. The minimum Gasteiger partial charge on any atom is -0.314 e. The normalized spacial score (nSPS) is 30.3. The Labute approximate surface area is 62.6 Å². The van der Waals surface area contributed by atoms with Crippen LogP contribution in [0.25, 0.3) is 0 Å². The molecule has 0 bridgehead atoms. The van der Waals surface area contributed by atoms with Gasteiger partial charge in [0.05, 0.1) is 0 Å². The van der Waals surface area contributed by atoms with Crippen molar-refractivity contribution in [2.45, 2.75) is 13.0 Å². The molecule has 1 rings (SSSR count). The van der Waals surface area contributed by atoms with Crippen LogP contribution in [0.15, 0.2) is 0 Å². The van der Waals surface area contributed by atoms with E-state index in [2.05, 4.69) is 22.9 Å². The Balaban J connectivity index is 2.15. The maximum atomic E-state index is 3.40. The van der Waals surface area contributed by atoms with E-state index in [9.17, 15) is 0 Å². The van der Waals surface area contributed by atoms with Crippen LogP contribution in [0.1, 0.15) is 6.92 Å². The van der Waals surface area contributed by atoms with Crippen molar-refractivity contribution in [3.63, 3.8) is 0 Å². The van der Waals surface area contributed by atoms with Gasteiger partial charge in [-0.2, -0.15) is 0 Å². The first kappa shape index (κ1) is 7.98. The Morgan fingerprint density at radius 3 is 2.60 bits per heavy atom. The molecule has 60 valence electrons. The van der Waals surface area contributed by atoms with Gasteiger partial charge in [0.2, 0.25) is 0 Å². The highest BCUT2D eigenvalue weighted by Crippen LogP contribution is 1.78. The summed E-state index contributed by atoms with van der Waals surface area (Å²) >= 11 is 0. The largest absolute Gasteiger partial charge is 0.314 e. The van der Waals surface area contributed by atoms with E-state index in [0.717, 1.165) is 32.7 Å². The van der Waals surface area contributed by atoms with Gasteiger partial charge in [-0.25, -0.2) is 0 Å². The highest BCUT2D eigenvalue weighted by molar-refractivity contribution is 4.67. The van der Waals surface area contributed by atoms with Crippen molar-refractivity contribution in [2.75, 3.05) is 32.7 Å². The standard InChI is InChI=1S/C7H17N3/c1-7-6-9-3-2-8-4-5-10-7/h7-10H,2-6H2,1H3/t7-/m0/s1. The molecule has 0 aromatic carbocycles. The zero-order valence-electron chi connectivity index (χ0n) is 6.61. The van der Waals surface area contributed by atoms with Crippen LogP contribution in [0.2, 0.25) is 0 Å². The van der Waals surface area contributed by atoms with Gasteiger partial charge in [0.15, 0.2) is 0 Å². The molecular weight excluding hydrogens is 126 g/mol. The van der Waals surface area contributed by atoms with Gasteiger partial charge < -0.3 is 16.0 Å². The highest BCUT2D eigenvalue weighted by Gasteiger charge is 2.00. The monoisotopic (exact) mass is 143 g/mol. The van der Waals surface area contributed by atoms with Crippen molar-refractivity contribution in [2.24, 2.45) is 0 Å². The number of hydrogen-bond acceptors (Lipinski definition) is 3. The van der Waals surface area contributed by atoms with Gasteiger partial charge in [0.1, 0.15) is 0 Å². The van der Waals surface area contributed by atoms with E-state index in [1.54, 1.807) is 0 Å². The summed E-state index contributed by atoms with van der Waals surface area (Å²) in [5, 5.41) is 10.1. The van der Waals surface area contributed by atoms with Crippen LogP contribution < -0.4 is 16.0 Å². The van der Waals surface area contributed by atoms with Crippen LogP contribution >= 0.6 is 0 Å². The van der Waals surface area contributed by atoms with E-state index in [4.69, 9.17) is 0 Å². The van der Waals surface area contributed by atoms with E-state index in [-0.39, 0.29) is 0 Å². The molecule has 0 saturated carbocycles. The van der Waals surface area contributed by atoms with Crippen LogP contribution in [-0.4, -0.2) is 38.8 Å². The van der Waals surface area contributed by atoms with Crippen LogP contribution in [0.3, 0.4) is 0 Å². The average molecular weight is 143 g/mol. The molecule has 1 heterocycles. The average Bonchev–Trinajstić information content (AvgIpc) is 2.02. The summed E-state index contributed by atoms with van der Waals surface area (Å²) in [4.78, 5) is 0. The minimum atomic E-state index is 0.611. The topological polar surface area (TPSA) is 36.1 Å². The molecule has 1 aliphatic rings. The van der Waals surface area contributed by atoms with Gasteiger partial charge >= 0.3 is 0 Å². The van der Waals surface area contributed by atoms with Crippen LogP contribution in [0.4, 0.5) is 0 Å². The van der Waals surface area contributed by atoms with E-state index in [0.29, 0.717) is 6.04 Å². The molecule has 0 aliphatic carbocycles. The number of nitrogens with one attached hydrogen (secondary N) is 3. The van der Waals surface area contributed by atoms with Crippen LogP contribution in [0, 0.1) is 0 Å². The summed E-state index contributed by atoms with van der Waals surface area (Å²) in [6, 6.07) is 0.611. The summed E-state index contributed by atoms with van der Waals surface area (Å²) in [6.45, 7) is 7.65. The molecule has 1 fully saturated rings. The molecular formula is C7H17N3. The van der Waals surface area contributed by atoms with Crippen molar-refractivity contribution >= 4 is 0 Å². The third-order valence-electron chi connectivity index (χ3n) is 1.72. The lowest BCUT2D eigenvalue weighted by Crippen LogP contribution is -2.36. The Morgan fingerprint density at radius 2 is 1.70 bits per heavy atom. The molecule has 0 aromatic heterocycles. The maximum Gasteiger partial charge on any atom is 0.0164 e. The zero-order chi connectivity index (χ0) is 7.23. The first-order valence-electron chi connectivity index (χ1n) is 4.04. The van der Waals surface area contributed by atoms with E-state index in [1.165, 1.54) is 0 Å². The molecule has 0 aromatic rings. The third-order valence-corrected chi connectivity index (χ3v) is 1.72. The van der Waals surface area contributed by atoms with Gasteiger partial charge in [-0.15, -0.1) is 0 Å². The van der Waals surface area contributed by atoms with Crippen molar-refractivity contribution < 1.29 is 0 Å². The summed E-state index contributed by atoms with van der Waals surface area (Å²) < 4.78 is 0. The predicted octanol–water partition coefficient (Wildman–Crippen LogP) is -0.843. The molecule has 3 N–H and O–H groups in total. The smallest absolute Gasteiger partial charge is 0.0164 e. The van der Waals surface area contributed by atoms with Gasteiger partial charge in [-0.3, -0.25) is 0 Å². The molecule has 10 heavy (non-hydrogen) atoms. The molecule has 0 unspecified atom stereocenters. The van der Waals surface area contributed by atoms with Crippen molar-refractivity contribution in [3.05, 3.63) is 0 Å². The third kappa shape index (κ3) is 3.15. The second-order valence-corrected chi connectivity index (χ2v) is 2.81. The zero-order valence-corrected chi connectivity index (χ0v) is 6.61. The molecule has 0 amide bonds. The van der Waals surface area contributed by atoms with Crippen LogP contribution in [0.5, 0.6) is 0 Å². The lowest BCUT2D eigenvalue weighted by molar-refractivity contribution is 0.528. The van der Waals surface area contributed by atoms with Gasteiger partial charge in [-0.1, -0.05) is 0 Å². The summed E-state index contributed by atoms with van der Waals surface area (Å²) in [5.74, 6) is 0. The number of hydrogen-bond donors (Lipinski definition) is 3. The van der Waals surface area contributed by atoms with Crippen molar-refractivity contribution in [1.82, 2.24) is 16.0 Å². The molecule has 0 radical (unpaired) electrons. The fourth-order valence-electron chi connectivity index (χ4n) is 1.10. The van der Waals surface area contributed by atoms with Crippen molar-refractivity contribution in [3.8, 4) is 0 Å². The van der Waals surface area contributed by atoms with E-state index >= 15 is 0 Å². The number of rotatable bonds is 0. The quantitative estimate of drug-likeness (QED) is 0.414. The predicted molar refractivity (Wildman–Crippen MR) is 43.2 cm³/mol. The summed E-state index contributed by atoms with van der Waals surface area (Å²) in [6.07, 6.45) is 0. The second-order valence-electron chi connectivity index (χ2n) is 2.81. The highest BCUT2D eigenvalue weighted by atomic mass is 15.0. The molecule has 3 heteroatoms. The van der Waals surface area contributed by atoms with Gasteiger partial charge in [0.25, 0.3) is 0 Å². The molecule has 3 nitrogen and oxygen atoms in total. The van der Waals surface area contributed by atoms with E-state index in [1.807, 2.05) is 0 Å². The first-order valence-corrected chi connectivity index (χ1v) is 4.04. The second kappa shape index (κ2) is 4.66. The summed E-state index contributed by atoms with van der Waals surface area (Å²) in [7, 11) is 0. The Kier molecular flexibility index (Phi) is 3.72. The van der Waals surface area contributed by atoms with Gasteiger partial charge in [-0.05, 0) is 6.92 Å². The maximum absolute atomic E-state index is 3.40. The Hall–Kier alpha value is -0.120. The van der Waals surface area contributed by atoms with Gasteiger partial charge in [0, 0.05) is 38.8 Å². The molecule has 0 spiro atoms. The first-order chi connectivity index (χ1) is 4.89. The fraction of sp³-hybridized carbons (Fsp3) is 1.00. The molecule has 1 atom stereocenters.